The molecule has 1 N–H and O–H groups in total. The van der Waals surface area contributed by atoms with Gasteiger partial charge >= 0.3 is 0 Å². The van der Waals surface area contributed by atoms with Crippen LogP contribution < -0.4 is 5.32 Å². The van der Waals surface area contributed by atoms with Crippen LogP contribution >= 0.6 is 22.6 Å². The van der Waals surface area contributed by atoms with Crippen molar-refractivity contribution in [2.24, 2.45) is 0 Å². The summed E-state index contributed by atoms with van der Waals surface area (Å²) in [5.74, 6) is 0. The zero-order valence-electron chi connectivity index (χ0n) is 11.7. The lowest BCUT2D eigenvalue weighted by atomic mass is 10.1. The van der Waals surface area contributed by atoms with Gasteiger partial charge in [-0.3, -0.25) is 0 Å². The Morgan fingerprint density at radius 1 is 1.35 bits per heavy atom. The summed E-state index contributed by atoms with van der Waals surface area (Å²) in [6.45, 7) is 4.34. The Hall–Kier alpha value is -0.180. The molecule has 1 fully saturated rings. The number of halogens is 1. The summed E-state index contributed by atoms with van der Waals surface area (Å²) >= 11 is 2.18. The molecule has 1 aromatic carbocycles. The standard InChI is InChI=1S/C14H21IN2O2S/c1-2-10-17(13-4-3-9-16-11-13)20(18,19)14-7-5-12(15)6-8-14/h5-8,13,16H,2-4,9-11H2,1H3. The number of nitrogens with zero attached hydrogens (tertiary/aromatic N) is 1. The molecule has 1 aromatic rings. The molecule has 20 heavy (non-hydrogen) atoms. The van der Waals surface area contributed by atoms with Crippen molar-refractivity contribution >= 4 is 32.6 Å². The second kappa shape index (κ2) is 7.20. The molecule has 1 unspecified atom stereocenters. The van der Waals surface area contributed by atoms with E-state index in [2.05, 4.69) is 27.9 Å². The molecular formula is C14H21IN2O2S. The highest BCUT2D eigenvalue weighted by molar-refractivity contribution is 14.1. The molecule has 1 heterocycles. The van der Waals surface area contributed by atoms with Crippen LogP contribution in [0.25, 0.3) is 0 Å². The van der Waals surface area contributed by atoms with E-state index in [1.165, 1.54) is 0 Å². The Morgan fingerprint density at radius 3 is 2.60 bits per heavy atom. The maximum atomic E-state index is 12.8. The van der Waals surface area contributed by atoms with E-state index >= 15 is 0 Å². The van der Waals surface area contributed by atoms with Gasteiger partial charge in [-0.15, -0.1) is 0 Å². The highest BCUT2D eigenvalue weighted by atomic mass is 127. The molecule has 2 rings (SSSR count). The van der Waals surface area contributed by atoms with Gasteiger partial charge in [0.2, 0.25) is 10.0 Å². The molecule has 6 heteroatoms. The fourth-order valence-corrected chi connectivity index (χ4v) is 4.65. The largest absolute Gasteiger partial charge is 0.315 e. The van der Waals surface area contributed by atoms with Crippen molar-refractivity contribution in [3.63, 3.8) is 0 Å². The monoisotopic (exact) mass is 408 g/mol. The summed E-state index contributed by atoms with van der Waals surface area (Å²) in [7, 11) is -3.39. The smallest absolute Gasteiger partial charge is 0.243 e. The average Bonchev–Trinajstić information content (AvgIpc) is 2.46. The Morgan fingerprint density at radius 2 is 2.05 bits per heavy atom. The van der Waals surface area contributed by atoms with Crippen molar-refractivity contribution in [3.05, 3.63) is 27.8 Å². The summed E-state index contributed by atoms with van der Waals surface area (Å²) in [5.41, 5.74) is 0. The Kier molecular flexibility index (Phi) is 5.83. The average molecular weight is 408 g/mol. The maximum absolute atomic E-state index is 12.8. The van der Waals surface area contributed by atoms with Crippen LogP contribution in [0.15, 0.2) is 29.2 Å². The van der Waals surface area contributed by atoms with Crippen LogP contribution in [0.5, 0.6) is 0 Å². The van der Waals surface area contributed by atoms with Crippen LogP contribution in [0.3, 0.4) is 0 Å². The third kappa shape index (κ3) is 3.72. The number of hydrogen-bond acceptors (Lipinski definition) is 3. The number of sulfonamides is 1. The Labute approximate surface area is 135 Å². The van der Waals surface area contributed by atoms with Crippen molar-refractivity contribution in [2.45, 2.75) is 37.1 Å². The quantitative estimate of drug-likeness (QED) is 0.762. The molecule has 1 saturated heterocycles. The third-order valence-corrected chi connectivity index (χ3v) is 6.23. The van der Waals surface area contributed by atoms with E-state index in [1.54, 1.807) is 16.4 Å². The SMILES string of the molecule is CCCN(C1CCCNC1)S(=O)(=O)c1ccc(I)cc1. The topological polar surface area (TPSA) is 49.4 Å². The predicted molar refractivity (Wildman–Crippen MR) is 89.2 cm³/mol. The third-order valence-electron chi connectivity index (χ3n) is 3.54. The summed E-state index contributed by atoms with van der Waals surface area (Å²) < 4.78 is 28.4. The lowest BCUT2D eigenvalue weighted by Crippen LogP contribution is -2.48. The van der Waals surface area contributed by atoms with Gasteiger partial charge < -0.3 is 5.32 Å². The van der Waals surface area contributed by atoms with Crippen LogP contribution in [-0.2, 0) is 10.0 Å². The summed E-state index contributed by atoms with van der Waals surface area (Å²) in [5, 5.41) is 3.30. The van der Waals surface area contributed by atoms with Gasteiger partial charge in [-0.05, 0) is 72.7 Å². The molecule has 0 saturated carbocycles. The first kappa shape index (κ1) is 16.2. The van der Waals surface area contributed by atoms with E-state index in [9.17, 15) is 8.42 Å². The highest BCUT2D eigenvalue weighted by Gasteiger charge is 2.31. The van der Waals surface area contributed by atoms with Gasteiger partial charge in [-0.2, -0.15) is 4.31 Å². The molecule has 0 spiro atoms. The van der Waals surface area contributed by atoms with Crippen LogP contribution in [-0.4, -0.2) is 38.4 Å². The van der Waals surface area contributed by atoms with Gasteiger partial charge in [-0.1, -0.05) is 6.92 Å². The molecule has 4 nitrogen and oxygen atoms in total. The van der Waals surface area contributed by atoms with E-state index in [1.807, 2.05) is 19.1 Å². The van der Waals surface area contributed by atoms with Crippen molar-refractivity contribution in [2.75, 3.05) is 19.6 Å². The summed E-state index contributed by atoms with van der Waals surface area (Å²) in [6.07, 6.45) is 2.81. The minimum absolute atomic E-state index is 0.0768. The zero-order valence-corrected chi connectivity index (χ0v) is 14.7. The van der Waals surface area contributed by atoms with E-state index in [0.717, 1.165) is 35.9 Å². The molecule has 0 aliphatic carbocycles. The van der Waals surface area contributed by atoms with Crippen molar-refractivity contribution in [1.29, 1.82) is 0 Å². The fourth-order valence-electron chi connectivity index (χ4n) is 2.54. The second-order valence-electron chi connectivity index (χ2n) is 5.07. The molecular weight excluding hydrogens is 387 g/mol. The van der Waals surface area contributed by atoms with Gasteiger partial charge in [0.05, 0.1) is 4.90 Å². The first-order chi connectivity index (χ1) is 9.55. The van der Waals surface area contributed by atoms with Crippen LogP contribution in [0, 0.1) is 3.57 Å². The van der Waals surface area contributed by atoms with Gasteiger partial charge in [0.1, 0.15) is 0 Å². The normalized spacial score (nSPS) is 20.2. The molecule has 112 valence electrons. The van der Waals surface area contributed by atoms with E-state index in [0.29, 0.717) is 11.4 Å². The molecule has 1 atom stereocenters. The van der Waals surface area contributed by atoms with Crippen molar-refractivity contribution in [1.82, 2.24) is 9.62 Å². The predicted octanol–water partition coefficient (Wildman–Crippen LogP) is 2.44. The minimum atomic E-state index is -3.39. The number of nitrogens with one attached hydrogen (secondary N) is 1. The lowest BCUT2D eigenvalue weighted by Gasteiger charge is -2.33. The molecule has 0 bridgehead atoms. The van der Waals surface area contributed by atoms with E-state index < -0.39 is 10.0 Å². The molecule has 0 radical (unpaired) electrons. The van der Waals surface area contributed by atoms with Gasteiger partial charge in [-0.25, -0.2) is 8.42 Å². The molecule has 0 amide bonds. The second-order valence-corrected chi connectivity index (χ2v) is 8.21. The zero-order chi connectivity index (χ0) is 14.6. The van der Waals surface area contributed by atoms with Crippen molar-refractivity contribution < 1.29 is 8.42 Å². The lowest BCUT2D eigenvalue weighted by molar-refractivity contribution is 0.266. The van der Waals surface area contributed by atoms with E-state index in [-0.39, 0.29) is 6.04 Å². The van der Waals surface area contributed by atoms with E-state index in [4.69, 9.17) is 0 Å². The minimum Gasteiger partial charge on any atom is -0.315 e. The first-order valence-electron chi connectivity index (χ1n) is 7.04. The van der Waals surface area contributed by atoms with Gasteiger partial charge in [0, 0.05) is 22.7 Å². The Balaban J connectivity index is 2.28. The maximum Gasteiger partial charge on any atom is 0.243 e. The van der Waals surface area contributed by atoms with Crippen LogP contribution in [0.2, 0.25) is 0 Å². The molecule has 0 aromatic heterocycles. The summed E-state index contributed by atoms with van der Waals surface area (Å²) in [6, 6.07) is 7.17. The number of hydrogen-bond donors (Lipinski definition) is 1. The summed E-state index contributed by atoms with van der Waals surface area (Å²) in [4.78, 5) is 0.400. The number of benzene rings is 1. The molecule has 1 aliphatic rings. The highest BCUT2D eigenvalue weighted by Crippen LogP contribution is 2.22. The fraction of sp³-hybridized carbons (Fsp3) is 0.571. The Bertz CT molecular complexity index is 525. The van der Waals surface area contributed by atoms with Gasteiger partial charge in [0.15, 0.2) is 0 Å². The van der Waals surface area contributed by atoms with Gasteiger partial charge in [0.25, 0.3) is 0 Å². The van der Waals surface area contributed by atoms with Crippen molar-refractivity contribution in [3.8, 4) is 0 Å². The van der Waals surface area contributed by atoms with Crippen LogP contribution in [0.4, 0.5) is 0 Å². The first-order valence-corrected chi connectivity index (χ1v) is 9.55. The number of piperidine rings is 1. The number of rotatable bonds is 5. The molecule has 1 aliphatic heterocycles. The van der Waals surface area contributed by atoms with Crippen LogP contribution in [0.1, 0.15) is 26.2 Å².